The molecule has 6 heteroatoms. The summed E-state index contributed by atoms with van der Waals surface area (Å²) < 4.78 is 22.3. The molecule has 2 aliphatic heterocycles. The third kappa shape index (κ3) is 4.78. The van der Waals surface area contributed by atoms with Crippen LogP contribution in [0.4, 0.5) is 0 Å². The number of fused-ring (bicyclic) bond motifs is 4. The second-order valence-electron chi connectivity index (χ2n) is 9.15. The number of carbonyl (C=O) groups excluding carboxylic acids is 1. The number of carbonyl (C=O) groups is 1. The van der Waals surface area contributed by atoms with Gasteiger partial charge >= 0.3 is 0 Å². The lowest BCUT2D eigenvalue weighted by atomic mass is 9.77. The van der Waals surface area contributed by atoms with Crippen LogP contribution in [0.5, 0.6) is 23.0 Å². The maximum Gasteiger partial charge on any atom is 0.165 e. The zero-order chi connectivity index (χ0) is 25.8. The topological polar surface area (TPSA) is 57.2 Å². The fourth-order valence-corrected chi connectivity index (χ4v) is 5.43. The quantitative estimate of drug-likeness (QED) is 0.421. The van der Waals surface area contributed by atoms with Gasteiger partial charge in [-0.2, -0.15) is 0 Å². The first-order valence-electron chi connectivity index (χ1n) is 12.2. The van der Waals surface area contributed by atoms with Crippen LogP contribution in [0.2, 0.25) is 0 Å². The zero-order valence-electron chi connectivity index (χ0n) is 22.0. The van der Waals surface area contributed by atoms with Crippen LogP contribution in [0.1, 0.15) is 58.4 Å². The van der Waals surface area contributed by atoms with E-state index in [1.165, 1.54) is 22.3 Å². The number of ketones is 1. The van der Waals surface area contributed by atoms with E-state index in [2.05, 4.69) is 30.0 Å². The average Bonchev–Trinajstić information content (AvgIpc) is 2.92. The molecular formula is C30H35NO5. The van der Waals surface area contributed by atoms with Gasteiger partial charge in [0, 0.05) is 36.2 Å². The van der Waals surface area contributed by atoms with Crippen LogP contribution in [0.3, 0.4) is 0 Å². The molecule has 0 amide bonds. The van der Waals surface area contributed by atoms with Crippen LogP contribution >= 0.6 is 0 Å². The smallest absolute Gasteiger partial charge is 0.165 e. The molecule has 0 aliphatic carbocycles. The van der Waals surface area contributed by atoms with Gasteiger partial charge in [0.05, 0.1) is 28.4 Å². The standard InChI is InChI=1S/C22H27NO4.C8H8O/c1-13-15-6-7-18(24-2)22(27-5)17(15)12-23-9-8-14-10-19(25-3)20(26-4)11-16(14)21(13)23;1-7(9)8-5-3-2-4-6-8/h6-7,10-11,13,21H,8-9,12H2,1-5H3;2-6H,1H3. The van der Waals surface area contributed by atoms with Crippen LogP contribution in [0, 0.1) is 0 Å². The molecule has 0 fully saturated rings. The number of hydrogen-bond acceptors (Lipinski definition) is 6. The van der Waals surface area contributed by atoms with E-state index < -0.39 is 0 Å². The predicted molar refractivity (Wildman–Crippen MR) is 141 cm³/mol. The molecule has 2 atom stereocenters. The lowest BCUT2D eigenvalue weighted by molar-refractivity contribution is 0.101. The maximum absolute atomic E-state index is 10.6. The minimum atomic E-state index is 0.121. The minimum Gasteiger partial charge on any atom is -0.493 e. The van der Waals surface area contributed by atoms with Crippen LogP contribution in [0.15, 0.2) is 54.6 Å². The fraction of sp³-hybridized carbons (Fsp3) is 0.367. The summed E-state index contributed by atoms with van der Waals surface area (Å²) in [6, 6.07) is 18.1. The van der Waals surface area contributed by atoms with E-state index in [-0.39, 0.29) is 5.78 Å². The van der Waals surface area contributed by atoms with Crippen LogP contribution < -0.4 is 18.9 Å². The highest BCUT2D eigenvalue weighted by atomic mass is 16.5. The predicted octanol–water partition coefficient (Wildman–Crippen LogP) is 5.83. The first-order chi connectivity index (χ1) is 17.4. The molecule has 2 unspecified atom stereocenters. The number of nitrogens with zero attached hydrogens (tertiary/aromatic N) is 1. The van der Waals surface area contributed by atoms with E-state index in [0.717, 1.165) is 48.1 Å². The molecule has 0 saturated carbocycles. The summed E-state index contributed by atoms with van der Waals surface area (Å²) in [6.45, 7) is 5.73. The van der Waals surface area contributed by atoms with Crippen molar-refractivity contribution in [1.29, 1.82) is 0 Å². The van der Waals surface area contributed by atoms with Crippen LogP contribution in [-0.4, -0.2) is 45.7 Å². The number of rotatable bonds is 5. The van der Waals surface area contributed by atoms with Crippen molar-refractivity contribution in [3.63, 3.8) is 0 Å². The summed E-state index contributed by atoms with van der Waals surface area (Å²) in [7, 11) is 6.80. The largest absolute Gasteiger partial charge is 0.493 e. The monoisotopic (exact) mass is 489 g/mol. The highest BCUT2D eigenvalue weighted by Crippen LogP contribution is 2.50. The second-order valence-corrected chi connectivity index (χ2v) is 9.15. The molecule has 36 heavy (non-hydrogen) atoms. The van der Waals surface area contributed by atoms with Crippen molar-refractivity contribution in [2.75, 3.05) is 35.0 Å². The van der Waals surface area contributed by atoms with Gasteiger partial charge in [-0.1, -0.05) is 43.3 Å². The van der Waals surface area contributed by atoms with Crippen LogP contribution in [-0.2, 0) is 13.0 Å². The third-order valence-electron chi connectivity index (χ3n) is 7.22. The summed E-state index contributed by atoms with van der Waals surface area (Å²) in [5, 5.41) is 0. The van der Waals surface area contributed by atoms with Crippen molar-refractivity contribution < 1.29 is 23.7 Å². The van der Waals surface area contributed by atoms with Gasteiger partial charge in [0.1, 0.15) is 0 Å². The molecule has 0 saturated heterocycles. The molecule has 2 heterocycles. The molecule has 190 valence electrons. The SMILES string of the molecule is CC(=O)c1ccccc1.COc1cc2c(cc1OC)C1C(C)c3ccc(OC)c(OC)c3CN1CC2. The number of methoxy groups -OCH3 is 4. The van der Waals surface area contributed by atoms with Crippen molar-refractivity contribution in [1.82, 2.24) is 4.90 Å². The average molecular weight is 490 g/mol. The molecule has 0 bridgehead atoms. The van der Waals surface area contributed by atoms with Gasteiger partial charge in [-0.15, -0.1) is 0 Å². The molecule has 0 N–H and O–H groups in total. The van der Waals surface area contributed by atoms with Crippen molar-refractivity contribution in [3.8, 4) is 23.0 Å². The molecule has 0 spiro atoms. The Morgan fingerprint density at radius 3 is 2.08 bits per heavy atom. The van der Waals surface area contributed by atoms with Crippen molar-refractivity contribution in [2.24, 2.45) is 0 Å². The molecule has 0 radical (unpaired) electrons. The Kier molecular flexibility index (Phi) is 7.85. The van der Waals surface area contributed by atoms with Crippen molar-refractivity contribution >= 4 is 5.78 Å². The Labute approximate surface area is 213 Å². The normalized spacial score (nSPS) is 17.9. The summed E-state index contributed by atoms with van der Waals surface area (Å²) in [5.41, 5.74) is 6.04. The number of benzene rings is 3. The van der Waals surface area contributed by atoms with E-state index in [4.69, 9.17) is 18.9 Å². The summed E-state index contributed by atoms with van der Waals surface area (Å²) in [5.74, 6) is 3.72. The summed E-state index contributed by atoms with van der Waals surface area (Å²) in [6.07, 6.45) is 1.00. The summed E-state index contributed by atoms with van der Waals surface area (Å²) in [4.78, 5) is 13.2. The van der Waals surface area contributed by atoms with Crippen molar-refractivity contribution in [3.05, 3.63) is 82.4 Å². The lowest BCUT2D eigenvalue weighted by Gasteiger charge is -2.45. The highest BCUT2D eigenvalue weighted by Gasteiger charge is 2.39. The van der Waals surface area contributed by atoms with E-state index in [1.54, 1.807) is 35.4 Å². The summed E-state index contributed by atoms with van der Waals surface area (Å²) >= 11 is 0. The molecule has 3 aromatic carbocycles. The van der Waals surface area contributed by atoms with Gasteiger partial charge in [-0.3, -0.25) is 9.69 Å². The Morgan fingerprint density at radius 2 is 1.50 bits per heavy atom. The molecule has 3 aromatic rings. The first kappa shape index (κ1) is 25.6. The number of hydrogen-bond donors (Lipinski definition) is 0. The van der Waals surface area contributed by atoms with Gasteiger partial charge in [-0.25, -0.2) is 0 Å². The fourth-order valence-electron chi connectivity index (χ4n) is 5.43. The Hall–Kier alpha value is -3.51. The molecule has 2 aliphatic rings. The van der Waals surface area contributed by atoms with Gasteiger partial charge < -0.3 is 18.9 Å². The molecule has 0 aromatic heterocycles. The number of ether oxygens (including phenoxy) is 4. The third-order valence-corrected chi connectivity index (χ3v) is 7.22. The number of Topliss-reactive ketones (excluding diaryl/α,β-unsaturated/α-hetero) is 1. The van der Waals surface area contributed by atoms with Gasteiger partial charge in [0.25, 0.3) is 0 Å². The molecular weight excluding hydrogens is 454 g/mol. The lowest BCUT2D eigenvalue weighted by Crippen LogP contribution is -2.41. The second kappa shape index (κ2) is 11.0. The molecule has 6 nitrogen and oxygen atoms in total. The Morgan fingerprint density at radius 1 is 0.833 bits per heavy atom. The Bertz CT molecular complexity index is 1220. The molecule has 5 rings (SSSR count). The van der Waals surface area contributed by atoms with E-state index in [1.807, 2.05) is 36.4 Å². The maximum atomic E-state index is 10.6. The first-order valence-corrected chi connectivity index (χ1v) is 12.2. The van der Waals surface area contributed by atoms with E-state index in [9.17, 15) is 4.79 Å². The van der Waals surface area contributed by atoms with Crippen molar-refractivity contribution in [2.45, 2.75) is 38.8 Å². The van der Waals surface area contributed by atoms with Gasteiger partial charge in [-0.05, 0) is 48.2 Å². The van der Waals surface area contributed by atoms with Gasteiger partial charge in [0.2, 0.25) is 0 Å². The van der Waals surface area contributed by atoms with Crippen LogP contribution in [0.25, 0.3) is 0 Å². The highest BCUT2D eigenvalue weighted by molar-refractivity contribution is 5.93. The van der Waals surface area contributed by atoms with E-state index >= 15 is 0 Å². The minimum absolute atomic E-state index is 0.121. The zero-order valence-corrected chi connectivity index (χ0v) is 22.0. The van der Waals surface area contributed by atoms with E-state index in [0.29, 0.717) is 12.0 Å². The van der Waals surface area contributed by atoms with Gasteiger partial charge in [0.15, 0.2) is 28.8 Å². The Balaban J connectivity index is 0.000000286.